The monoisotopic (exact) mass is 371 g/mol. The second-order valence-electron chi connectivity index (χ2n) is 5.49. The van der Waals surface area contributed by atoms with E-state index in [0.29, 0.717) is 22.2 Å². The lowest BCUT2D eigenvalue weighted by Crippen LogP contribution is -2.12. The molecule has 0 aliphatic heterocycles. The van der Waals surface area contributed by atoms with E-state index >= 15 is 0 Å². The SMILES string of the molecule is COc1ccc(N(C)c2c(CCl)cnc3ccc(C#N)cc23)cc1Cl. The van der Waals surface area contributed by atoms with Crippen LogP contribution in [0.2, 0.25) is 5.02 Å². The van der Waals surface area contributed by atoms with Gasteiger partial charge in [-0.2, -0.15) is 5.26 Å². The number of halogens is 2. The molecule has 0 aliphatic rings. The maximum absolute atomic E-state index is 9.22. The van der Waals surface area contributed by atoms with Gasteiger partial charge in [0, 0.05) is 29.9 Å². The fraction of sp³-hybridized carbons (Fsp3) is 0.158. The maximum Gasteiger partial charge on any atom is 0.137 e. The zero-order valence-electron chi connectivity index (χ0n) is 13.8. The van der Waals surface area contributed by atoms with Crippen LogP contribution in [0.25, 0.3) is 10.9 Å². The Morgan fingerprint density at radius 3 is 2.68 bits per heavy atom. The maximum atomic E-state index is 9.22. The average molecular weight is 372 g/mol. The Labute approximate surface area is 156 Å². The molecule has 126 valence electrons. The van der Waals surface area contributed by atoms with E-state index in [1.165, 1.54) is 0 Å². The number of fused-ring (bicyclic) bond motifs is 1. The molecule has 1 heterocycles. The van der Waals surface area contributed by atoms with Crippen LogP contribution in [0, 0.1) is 11.3 Å². The zero-order valence-corrected chi connectivity index (χ0v) is 15.3. The van der Waals surface area contributed by atoms with Crippen LogP contribution >= 0.6 is 23.2 Å². The summed E-state index contributed by atoms with van der Waals surface area (Å²) in [5.74, 6) is 0.922. The first-order valence-electron chi connectivity index (χ1n) is 7.54. The lowest BCUT2D eigenvalue weighted by molar-refractivity contribution is 0.415. The van der Waals surface area contributed by atoms with Gasteiger partial charge in [-0.05, 0) is 36.4 Å². The molecule has 0 unspecified atom stereocenters. The topological polar surface area (TPSA) is 49.1 Å². The molecule has 0 amide bonds. The van der Waals surface area contributed by atoms with Crippen molar-refractivity contribution in [3.63, 3.8) is 0 Å². The summed E-state index contributed by atoms with van der Waals surface area (Å²) in [6, 6.07) is 13.2. The number of hydrogen-bond donors (Lipinski definition) is 0. The van der Waals surface area contributed by atoms with Gasteiger partial charge in [0.05, 0.1) is 40.8 Å². The van der Waals surface area contributed by atoms with Gasteiger partial charge in [-0.15, -0.1) is 11.6 Å². The van der Waals surface area contributed by atoms with Crippen LogP contribution in [0.3, 0.4) is 0 Å². The summed E-state index contributed by atoms with van der Waals surface area (Å²) in [5, 5.41) is 10.6. The van der Waals surface area contributed by atoms with Gasteiger partial charge in [0.1, 0.15) is 5.75 Å². The van der Waals surface area contributed by atoms with Crippen molar-refractivity contribution in [3.8, 4) is 11.8 Å². The summed E-state index contributed by atoms with van der Waals surface area (Å²) in [4.78, 5) is 6.44. The first kappa shape index (κ1) is 17.3. The quantitative estimate of drug-likeness (QED) is 0.585. The van der Waals surface area contributed by atoms with Crippen molar-refractivity contribution in [3.05, 3.63) is 58.7 Å². The van der Waals surface area contributed by atoms with Gasteiger partial charge < -0.3 is 9.64 Å². The normalized spacial score (nSPS) is 10.5. The van der Waals surface area contributed by atoms with E-state index < -0.39 is 0 Å². The van der Waals surface area contributed by atoms with E-state index in [1.807, 2.05) is 42.3 Å². The minimum absolute atomic E-state index is 0.309. The molecule has 0 spiro atoms. The molecule has 0 bridgehead atoms. The molecule has 3 rings (SSSR count). The predicted molar refractivity (Wildman–Crippen MR) is 102 cm³/mol. The number of benzene rings is 2. The molecular formula is C19H15Cl2N3O. The van der Waals surface area contributed by atoms with Crippen LogP contribution in [0.5, 0.6) is 5.75 Å². The molecule has 25 heavy (non-hydrogen) atoms. The van der Waals surface area contributed by atoms with Crippen LogP contribution in [-0.2, 0) is 5.88 Å². The van der Waals surface area contributed by atoms with E-state index in [1.54, 1.807) is 19.4 Å². The van der Waals surface area contributed by atoms with Gasteiger partial charge in [0.25, 0.3) is 0 Å². The number of pyridine rings is 1. The third-order valence-corrected chi connectivity index (χ3v) is 4.63. The molecule has 4 nitrogen and oxygen atoms in total. The number of hydrogen-bond acceptors (Lipinski definition) is 4. The van der Waals surface area contributed by atoms with Gasteiger partial charge in [-0.1, -0.05) is 11.6 Å². The number of methoxy groups -OCH3 is 1. The van der Waals surface area contributed by atoms with Gasteiger partial charge in [0.2, 0.25) is 0 Å². The van der Waals surface area contributed by atoms with Gasteiger partial charge in [-0.3, -0.25) is 4.98 Å². The van der Waals surface area contributed by atoms with E-state index in [-0.39, 0.29) is 0 Å². The van der Waals surface area contributed by atoms with Crippen molar-refractivity contribution >= 4 is 45.5 Å². The molecule has 2 aromatic carbocycles. The Morgan fingerprint density at radius 2 is 2.04 bits per heavy atom. The molecule has 0 atom stereocenters. The highest BCUT2D eigenvalue weighted by molar-refractivity contribution is 6.32. The summed E-state index contributed by atoms with van der Waals surface area (Å²) in [7, 11) is 3.51. The van der Waals surface area contributed by atoms with Crippen molar-refractivity contribution in [2.75, 3.05) is 19.1 Å². The van der Waals surface area contributed by atoms with Crippen molar-refractivity contribution in [2.45, 2.75) is 5.88 Å². The molecule has 0 radical (unpaired) electrons. The number of anilines is 2. The highest BCUT2D eigenvalue weighted by Gasteiger charge is 2.16. The molecule has 0 saturated carbocycles. The van der Waals surface area contributed by atoms with Gasteiger partial charge in [-0.25, -0.2) is 0 Å². The summed E-state index contributed by atoms with van der Waals surface area (Å²) < 4.78 is 5.21. The van der Waals surface area contributed by atoms with Crippen LogP contribution in [-0.4, -0.2) is 19.1 Å². The second kappa shape index (κ2) is 7.18. The van der Waals surface area contributed by atoms with E-state index in [9.17, 15) is 5.26 Å². The summed E-state index contributed by atoms with van der Waals surface area (Å²) in [5.41, 5.74) is 4.03. The third kappa shape index (κ3) is 3.21. The smallest absolute Gasteiger partial charge is 0.137 e. The average Bonchev–Trinajstić information content (AvgIpc) is 2.65. The first-order chi connectivity index (χ1) is 12.1. The predicted octanol–water partition coefficient (Wildman–Crippen LogP) is 5.28. The van der Waals surface area contributed by atoms with Crippen molar-refractivity contribution in [2.24, 2.45) is 0 Å². The fourth-order valence-corrected chi connectivity index (χ4v) is 3.22. The lowest BCUT2D eigenvalue weighted by Gasteiger charge is -2.24. The van der Waals surface area contributed by atoms with Crippen molar-refractivity contribution < 1.29 is 4.74 Å². The van der Waals surface area contributed by atoms with Gasteiger partial charge >= 0.3 is 0 Å². The third-order valence-electron chi connectivity index (χ3n) is 4.05. The Kier molecular flexibility index (Phi) is 4.98. The number of ether oxygens (including phenoxy) is 1. The van der Waals surface area contributed by atoms with Gasteiger partial charge in [0.15, 0.2) is 0 Å². The molecule has 0 aliphatic carbocycles. The number of aromatic nitrogens is 1. The summed E-state index contributed by atoms with van der Waals surface area (Å²) >= 11 is 12.4. The van der Waals surface area contributed by atoms with E-state index in [4.69, 9.17) is 27.9 Å². The second-order valence-corrected chi connectivity index (χ2v) is 6.16. The first-order valence-corrected chi connectivity index (χ1v) is 8.45. The largest absolute Gasteiger partial charge is 0.495 e. The lowest BCUT2D eigenvalue weighted by atomic mass is 10.1. The molecule has 6 heteroatoms. The zero-order chi connectivity index (χ0) is 18.0. The molecule has 0 saturated heterocycles. The fourth-order valence-electron chi connectivity index (χ4n) is 2.78. The molecular weight excluding hydrogens is 357 g/mol. The highest BCUT2D eigenvalue weighted by Crippen LogP contribution is 2.37. The minimum atomic E-state index is 0.309. The van der Waals surface area contributed by atoms with Crippen molar-refractivity contribution in [1.29, 1.82) is 5.26 Å². The Bertz CT molecular complexity index is 982. The Hall–Kier alpha value is -2.48. The van der Waals surface area contributed by atoms with E-state index in [2.05, 4.69) is 11.1 Å². The molecule has 0 N–H and O–H groups in total. The van der Waals surface area contributed by atoms with Crippen LogP contribution < -0.4 is 9.64 Å². The minimum Gasteiger partial charge on any atom is -0.495 e. The highest BCUT2D eigenvalue weighted by atomic mass is 35.5. The Morgan fingerprint density at radius 1 is 1.24 bits per heavy atom. The molecule has 1 aromatic heterocycles. The number of nitriles is 1. The number of nitrogens with zero attached hydrogens (tertiary/aromatic N) is 3. The Balaban J connectivity index is 2.22. The summed E-state index contributed by atoms with van der Waals surface area (Å²) in [6.07, 6.45) is 1.76. The van der Waals surface area contributed by atoms with Crippen LogP contribution in [0.4, 0.5) is 11.4 Å². The van der Waals surface area contributed by atoms with Crippen molar-refractivity contribution in [1.82, 2.24) is 4.98 Å². The standard InChI is InChI=1S/C19H15Cl2N3O/c1-24(14-4-6-18(25-2)16(21)8-14)19-13(9-20)11-23-17-5-3-12(10-22)7-15(17)19/h3-8,11H,9H2,1-2H3. The molecule has 3 aromatic rings. The summed E-state index contributed by atoms with van der Waals surface area (Å²) in [6.45, 7) is 0. The van der Waals surface area contributed by atoms with Crippen LogP contribution in [0.15, 0.2) is 42.6 Å². The van der Waals surface area contributed by atoms with E-state index in [0.717, 1.165) is 27.8 Å². The number of alkyl halides is 1. The molecule has 0 fully saturated rings. The van der Waals surface area contributed by atoms with Crippen LogP contribution in [0.1, 0.15) is 11.1 Å². The number of rotatable bonds is 4.